The second-order valence-electron chi connectivity index (χ2n) is 4.65. The lowest BCUT2D eigenvalue weighted by Gasteiger charge is -2.11. The molecule has 1 aromatic rings. The zero-order valence-electron chi connectivity index (χ0n) is 11.0. The van der Waals surface area contributed by atoms with Crippen molar-refractivity contribution in [3.8, 4) is 0 Å². The Hall–Kier alpha value is -1.31. The highest BCUT2D eigenvalue weighted by Crippen LogP contribution is 2.22. The molecule has 0 saturated carbocycles. The van der Waals surface area contributed by atoms with Crippen LogP contribution in [0.2, 0.25) is 0 Å². The lowest BCUT2D eigenvalue weighted by molar-refractivity contribution is 0.229. The fourth-order valence-corrected chi connectivity index (χ4v) is 2.19. The summed E-state index contributed by atoms with van der Waals surface area (Å²) in [6.07, 6.45) is 1.82. The Morgan fingerprint density at radius 3 is 2.63 bits per heavy atom. The molecule has 108 valence electrons. The maximum absolute atomic E-state index is 11.1. The molecule has 0 aliphatic carbocycles. The van der Waals surface area contributed by atoms with Crippen molar-refractivity contribution in [3.63, 3.8) is 0 Å². The third kappa shape index (κ3) is 5.06. The summed E-state index contributed by atoms with van der Waals surface area (Å²) in [6, 6.07) is 4.36. The van der Waals surface area contributed by atoms with Crippen LogP contribution in [0.5, 0.6) is 0 Å². The minimum atomic E-state index is -3.72. The lowest BCUT2D eigenvalue weighted by Crippen LogP contribution is -2.13. The van der Waals surface area contributed by atoms with E-state index in [0.29, 0.717) is 17.9 Å². The molecule has 0 radical (unpaired) electrons. The molecule has 19 heavy (non-hydrogen) atoms. The summed E-state index contributed by atoms with van der Waals surface area (Å²) in [7, 11) is -3.72. The Bertz CT molecular complexity index is 517. The van der Waals surface area contributed by atoms with Crippen LogP contribution in [0.4, 0.5) is 11.4 Å². The fraction of sp³-hybridized carbons (Fsp3) is 0.500. The van der Waals surface area contributed by atoms with Crippen LogP contribution in [0.25, 0.3) is 0 Å². The molecule has 0 heterocycles. The van der Waals surface area contributed by atoms with Crippen molar-refractivity contribution in [1.82, 2.24) is 0 Å². The molecule has 1 rings (SSSR count). The van der Waals surface area contributed by atoms with Crippen molar-refractivity contribution in [2.45, 2.75) is 24.7 Å². The van der Waals surface area contributed by atoms with Crippen molar-refractivity contribution in [1.29, 1.82) is 0 Å². The first-order valence-electron chi connectivity index (χ1n) is 6.11. The molecule has 1 aromatic carbocycles. The minimum Gasteiger partial charge on any atom is -0.397 e. The molecule has 0 aromatic heterocycles. The number of sulfonamides is 1. The summed E-state index contributed by atoms with van der Waals surface area (Å²) < 4.78 is 22.3. The van der Waals surface area contributed by atoms with E-state index in [1.54, 1.807) is 6.07 Å². The summed E-state index contributed by atoms with van der Waals surface area (Å²) in [5.41, 5.74) is 6.80. The number of hydrogen-bond acceptors (Lipinski definition) is 5. The molecule has 0 aliphatic heterocycles. The largest absolute Gasteiger partial charge is 0.397 e. The fourth-order valence-electron chi connectivity index (χ4n) is 1.64. The number of aliphatic hydroxyl groups excluding tert-OH is 1. The van der Waals surface area contributed by atoms with E-state index in [-0.39, 0.29) is 17.4 Å². The molecule has 0 aliphatic rings. The highest BCUT2D eigenvalue weighted by atomic mass is 32.2. The monoisotopic (exact) mass is 287 g/mol. The van der Waals surface area contributed by atoms with Crippen LogP contribution < -0.4 is 16.2 Å². The number of nitrogens with one attached hydrogen (secondary N) is 1. The molecule has 0 fully saturated rings. The second kappa shape index (κ2) is 6.74. The van der Waals surface area contributed by atoms with E-state index in [2.05, 4.69) is 5.32 Å². The molecular formula is C12H21N3O3S. The van der Waals surface area contributed by atoms with Crippen LogP contribution in [0.1, 0.15) is 19.8 Å². The smallest absolute Gasteiger partial charge is 0.238 e. The van der Waals surface area contributed by atoms with Gasteiger partial charge in [-0.3, -0.25) is 0 Å². The zero-order chi connectivity index (χ0) is 14.5. The molecule has 0 saturated heterocycles. The van der Waals surface area contributed by atoms with Gasteiger partial charge in [0.1, 0.15) is 0 Å². The van der Waals surface area contributed by atoms with E-state index >= 15 is 0 Å². The van der Waals surface area contributed by atoms with Gasteiger partial charge in [-0.05, 0) is 37.0 Å². The van der Waals surface area contributed by atoms with E-state index < -0.39 is 10.0 Å². The number of nitrogens with two attached hydrogens (primary N) is 2. The Morgan fingerprint density at radius 1 is 1.42 bits per heavy atom. The summed E-state index contributed by atoms with van der Waals surface area (Å²) in [5.74, 6) is 0.281. The summed E-state index contributed by atoms with van der Waals surface area (Å²) in [5, 5.41) is 17.0. The third-order valence-electron chi connectivity index (χ3n) is 2.85. The van der Waals surface area contributed by atoms with Crippen LogP contribution in [0.15, 0.2) is 23.1 Å². The Morgan fingerprint density at radius 2 is 2.11 bits per heavy atom. The predicted octanol–water partition coefficient (Wildman–Crippen LogP) is 0.737. The molecule has 6 N–H and O–H groups in total. The lowest BCUT2D eigenvalue weighted by atomic mass is 10.1. The van der Waals surface area contributed by atoms with Crippen LogP contribution in [0, 0.1) is 5.92 Å². The van der Waals surface area contributed by atoms with Gasteiger partial charge in [-0.2, -0.15) is 0 Å². The molecule has 1 atom stereocenters. The van der Waals surface area contributed by atoms with Crippen molar-refractivity contribution >= 4 is 21.4 Å². The van der Waals surface area contributed by atoms with Gasteiger partial charge in [0.25, 0.3) is 0 Å². The van der Waals surface area contributed by atoms with Crippen molar-refractivity contribution in [3.05, 3.63) is 18.2 Å². The standard InChI is InChI=1S/C12H21N3O3S/c1-9(8-16)3-2-6-15-12-5-4-10(7-11(12)13)19(14,17)18/h4-5,7,9,15-16H,2-3,6,8,13H2,1H3,(H2,14,17,18). The van der Waals surface area contributed by atoms with Gasteiger partial charge in [-0.25, -0.2) is 13.6 Å². The van der Waals surface area contributed by atoms with Gasteiger partial charge in [0.05, 0.1) is 16.3 Å². The van der Waals surface area contributed by atoms with Crippen LogP contribution in [0.3, 0.4) is 0 Å². The predicted molar refractivity (Wildman–Crippen MR) is 76.2 cm³/mol. The molecule has 6 nitrogen and oxygen atoms in total. The molecule has 0 bridgehead atoms. The van der Waals surface area contributed by atoms with E-state index in [1.807, 2.05) is 6.92 Å². The number of nitrogen functional groups attached to an aromatic ring is 1. The van der Waals surface area contributed by atoms with Crippen LogP contribution >= 0.6 is 0 Å². The number of primary sulfonamides is 1. The summed E-state index contributed by atoms with van der Waals surface area (Å²) in [4.78, 5) is 0.00412. The summed E-state index contributed by atoms with van der Waals surface area (Å²) in [6.45, 7) is 2.88. The summed E-state index contributed by atoms with van der Waals surface area (Å²) >= 11 is 0. The van der Waals surface area contributed by atoms with Crippen molar-refractivity contribution < 1.29 is 13.5 Å². The van der Waals surface area contributed by atoms with Gasteiger partial charge in [0.2, 0.25) is 10.0 Å². The number of aliphatic hydroxyl groups is 1. The highest BCUT2D eigenvalue weighted by Gasteiger charge is 2.09. The molecule has 1 unspecified atom stereocenters. The third-order valence-corrected chi connectivity index (χ3v) is 3.76. The Labute approximate surface area is 113 Å². The van der Waals surface area contributed by atoms with Crippen LogP contribution in [-0.4, -0.2) is 26.7 Å². The first-order chi connectivity index (χ1) is 8.84. The Kier molecular flexibility index (Phi) is 5.59. The maximum atomic E-state index is 11.1. The average Bonchev–Trinajstić information content (AvgIpc) is 2.34. The number of anilines is 2. The second-order valence-corrected chi connectivity index (χ2v) is 6.21. The van der Waals surface area contributed by atoms with Gasteiger partial charge in [0.15, 0.2) is 0 Å². The van der Waals surface area contributed by atoms with Crippen molar-refractivity contribution in [2.24, 2.45) is 11.1 Å². The van der Waals surface area contributed by atoms with E-state index in [9.17, 15) is 8.42 Å². The van der Waals surface area contributed by atoms with Gasteiger partial charge in [-0.15, -0.1) is 0 Å². The average molecular weight is 287 g/mol. The molecule has 7 heteroatoms. The molecular weight excluding hydrogens is 266 g/mol. The van der Waals surface area contributed by atoms with E-state index in [4.69, 9.17) is 16.0 Å². The zero-order valence-corrected chi connectivity index (χ0v) is 11.8. The number of benzene rings is 1. The van der Waals surface area contributed by atoms with Gasteiger partial charge in [0, 0.05) is 13.2 Å². The minimum absolute atomic E-state index is 0.00412. The van der Waals surface area contributed by atoms with E-state index in [1.165, 1.54) is 12.1 Å². The highest BCUT2D eigenvalue weighted by molar-refractivity contribution is 7.89. The molecule has 0 spiro atoms. The molecule has 0 amide bonds. The van der Waals surface area contributed by atoms with Crippen molar-refractivity contribution in [2.75, 3.05) is 24.2 Å². The first-order valence-corrected chi connectivity index (χ1v) is 7.66. The first kappa shape index (κ1) is 15.7. The maximum Gasteiger partial charge on any atom is 0.238 e. The van der Waals surface area contributed by atoms with Crippen LogP contribution in [-0.2, 0) is 10.0 Å². The number of rotatable bonds is 7. The van der Waals surface area contributed by atoms with Gasteiger partial charge >= 0.3 is 0 Å². The van der Waals surface area contributed by atoms with Gasteiger partial charge in [-0.1, -0.05) is 6.92 Å². The normalized spacial score (nSPS) is 13.2. The Balaban J connectivity index is 2.56. The van der Waals surface area contributed by atoms with E-state index in [0.717, 1.165) is 12.8 Å². The van der Waals surface area contributed by atoms with Gasteiger partial charge < -0.3 is 16.2 Å². The quantitative estimate of drug-likeness (QED) is 0.435. The number of hydrogen-bond donors (Lipinski definition) is 4. The topological polar surface area (TPSA) is 118 Å². The SMILES string of the molecule is CC(CO)CCCNc1ccc(S(N)(=O)=O)cc1N.